The van der Waals surface area contributed by atoms with Gasteiger partial charge < -0.3 is 0 Å². The maximum absolute atomic E-state index is 14.0. The molecule has 132 valence electrons. The molecule has 1 aromatic carbocycles. The lowest BCUT2D eigenvalue weighted by Gasteiger charge is -2.37. The van der Waals surface area contributed by atoms with Crippen molar-refractivity contribution in [1.82, 2.24) is 0 Å². The zero-order valence-electron chi connectivity index (χ0n) is 13.8. The van der Waals surface area contributed by atoms with Crippen LogP contribution in [0.5, 0.6) is 0 Å². The summed E-state index contributed by atoms with van der Waals surface area (Å²) in [5, 5.41) is 0. The fourth-order valence-electron chi connectivity index (χ4n) is 4.67. The van der Waals surface area contributed by atoms with Gasteiger partial charge in [-0.3, -0.25) is 0 Å². The van der Waals surface area contributed by atoms with E-state index >= 15 is 0 Å². The fraction of sp³-hybridized carbons (Fsp3) is 0.600. The van der Waals surface area contributed by atoms with Crippen molar-refractivity contribution in [3.63, 3.8) is 0 Å². The molecular weight excluding hydrogens is 333 g/mol. The molecule has 0 aliphatic heterocycles. The Kier molecular flexibility index (Phi) is 5.91. The minimum absolute atomic E-state index is 0.0203. The largest absolute Gasteiger partial charge is 0.204 e. The van der Waals surface area contributed by atoms with Crippen molar-refractivity contribution in [3.05, 3.63) is 46.8 Å². The van der Waals surface area contributed by atoms with Gasteiger partial charge in [0.25, 0.3) is 0 Å². The highest BCUT2D eigenvalue weighted by Gasteiger charge is 2.32. The molecule has 3 rings (SSSR count). The van der Waals surface area contributed by atoms with E-state index in [9.17, 15) is 13.2 Å². The van der Waals surface area contributed by atoms with E-state index in [-0.39, 0.29) is 5.92 Å². The third-order valence-corrected chi connectivity index (χ3v) is 6.25. The van der Waals surface area contributed by atoms with Crippen LogP contribution in [0, 0.1) is 35.2 Å². The summed E-state index contributed by atoms with van der Waals surface area (Å²) in [6, 6.07) is 2.47. The Morgan fingerprint density at radius 2 is 1.38 bits per heavy atom. The summed E-state index contributed by atoms with van der Waals surface area (Å²) in [7, 11) is 0. The minimum Gasteiger partial charge on any atom is -0.204 e. The molecule has 1 aromatic rings. The highest BCUT2D eigenvalue weighted by atomic mass is 35.5. The van der Waals surface area contributed by atoms with E-state index < -0.39 is 17.5 Å². The van der Waals surface area contributed by atoms with E-state index in [1.165, 1.54) is 31.7 Å². The van der Waals surface area contributed by atoms with Crippen LogP contribution in [0.25, 0.3) is 0 Å². The second-order valence-corrected chi connectivity index (χ2v) is 7.62. The molecule has 2 saturated carbocycles. The number of hydrogen-bond acceptors (Lipinski definition) is 0. The molecule has 0 spiro atoms. The smallest absolute Gasteiger partial charge is 0.194 e. The first-order valence-corrected chi connectivity index (χ1v) is 9.44. The molecule has 4 heteroatoms. The summed E-state index contributed by atoms with van der Waals surface area (Å²) in [6.45, 7) is 0. The van der Waals surface area contributed by atoms with Gasteiger partial charge in [0.2, 0.25) is 0 Å². The first-order valence-electron chi connectivity index (χ1n) is 9.00. The van der Waals surface area contributed by atoms with Crippen LogP contribution in [0.3, 0.4) is 0 Å². The Morgan fingerprint density at radius 1 is 0.792 bits per heavy atom. The average molecular weight is 357 g/mol. The molecule has 2 aliphatic rings. The van der Waals surface area contributed by atoms with Gasteiger partial charge in [-0.15, -0.1) is 0 Å². The minimum atomic E-state index is -1.33. The Labute approximate surface area is 147 Å². The number of hydrogen-bond donors (Lipinski definition) is 0. The molecule has 24 heavy (non-hydrogen) atoms. The van der Waals surface area contributed by atoms with Crippen molar-refractivity contribution in [2.24, 2.45) is 17.8 Å². The average Bonchev–Trinajstić information content (AvgIpc) is 2.61. The Hall–Kier alpha value is -0.960. The molecule has 0 atom stereocenters. The standard InChI is InChI=1S/C20H24ClF3/c21-12-11-13-1-3-14(4-2-13)15-5-7-16(8-6-15)17-9-10-18(22)20(24)19(17)23/h9-16H,1-8H2/b12-11+/t13-,14-,15?,16?. The van der Waals surface area contributed by atoms with Gasteiger partial charge in [0.1, 0.15) is 0 Å². The maximum atomic E-state index is 14.0. The van der Waals surface area contributed by atoms with Gasteiger partial charge in [-0.05, 0) is 86.7 Å². The van der Waals surface area contributed by atoms with Crippen LogP contribution in [-0.4, -0.2) is 0 Å². The van der Waals surface area contributed by atoms with Crippen molar-refractivity contribution in [1.29, 1.82) is 0 Å². The highest BCUT2D eigenvalue weighted by molar-refractivity contribution is 6.25. The van der Waals surface area contributed by atoms with E-state index in [1.54, 1.807) is 5.54 Å². The zero-order valence-corrected chi connectivity index (χ0v) is 14.5. The molecule has 0 heterocycles. The van der Waals surface area contributed by atoms with Gasteiger partial charge in [0.05, 0.1) is 0 Å². The lowest BCUT2D eigenvalue weighted by molar-refractivity contribution is 0.170. The molecule has 0 radical (unpaired) electrons. The first-order chi connectivity index (χ1) is 11.6. The van der Waals surface area contributed by atoms with Crippen LogP contribution in [-0.2, 0) is 0 Å². The molecule has 2 fully saturated rings. The van der Waals surface area contributed by atoms with Crippen LogP contribution >= 0.6 is 11.6 Å². The van der Waals surface area contributed by atoms with E-state index in [2.05, 4.69) is 6.08 Å². The molecule has 0 bridgehead atoms. The van der Waals surface area contributed by atoms with Gasteiger partial charge >= 0.3 is 0 Å². The molecule has 0 amide bonds. The lowest BCUT2D eigenvalue weighted by atomic mass is 9.68. The Balaban J connectivity index is 1.56. The van der Waals surface area contributed by atoms with Crippen molar-refractivity contribution in [3.8, 4) is 0 Å². The van der Waals surface area contributed by atoms with Crippen LogP contribution in [0.2, 0.25) is 0 Å². The van der Waals surface area contributed by atoms with E-state index in [0.29, 0.717) is 17.4 Å². The normalized spacial score (nSPS) is 31.5. The maximum Gasteiger partial charge on any atom is 0.194 e. The summed E-state index contributed by atoms with van der Waals surface area (Å²) in [5.41, 5.74) is 1.98. The third-order valence-electron chi connectivity index (χ3n) is 6.10. The summed E-state index contributed by atoms with van der Waals surface area (Å²) in [5.74, 6) is -1.35. The number of allylic oxidation sites excluding steroid dienone is 1. The highest BCUT2D eigenvalue weighted by Crippen LogP contribution is 2.44. The number of halogens is 4. The SMILES string of the molecule is Fc1ccc(C2CCC([C@H]3CC[C@H](/C=C/Cl)CC3)CC2)c(F)c1F. The quantitative estimate of drug-likeness (QED) is 0.515. The van der Waals surface area contributed by atoms with Gasteiger partial charge in [-0.1, -0.05) is 23.7 Å². The van der Waals surface area contributed by atoms with E-state index in [4.69, 9.17) is 11.6 Å². The third kappa shape index (κ3) is 3.82. The summed E-state index contributed by atoms with van der Waals surface area (Å²) in [6.07, 6.45) is 10.8. The van der Waals surface area contributed by atoms with Crippen molar-refractivity contribution in [2.45, 2.75) is 57.3 Å². The van der Waals surface area contributed by atoms with Gasteiger partial charge in [-0.2, -0.15) is 0 Å². The van der Waals surface area contributed by atoms with Crippen LogP contribution in [0.15, 0.2) is 23.7 Å². The van der Waals surface area contributed by atoms with E-state index in [1.807, 2.05) is 0 Å². The molecule has 0 nitrogen and oxygen atoms in total. The summed E-state index contributed by atoms with van der Waals surface area (Å²) in [4.78, 5) is 0. The summed E-state index contributed by atoms with van der Waals surface area (Å²) < 4.78 is 40.5. The van der Waals surface area contributed by atoms with Gasteiger partial charge in [-0.25, -0.2) is 13.2 Å². The second-order valence-electron chi connectivity index (χ2n) is 7.37. The molecule has 0 N–H and O–H groups in total. The molecule has 0 unspecified atom stereocenters. The number of rotatable bonds is 3. The predicted octanol–water partition coefficient (Wildman–Crippen LogP) is 6.94. The van der Waals surface area contributed by atoms with Crippen molar-refractivity contribution >= 4 is 11.6 Å². The van der Waals surface area contributed by atoms with E-state index in [0.717, 1.165) is 37.7 Å². The molecular formula is C20H24ClF3. The van der Waals surface area contributed by atoms with Crippen LogP contribution in [0.1, 0.15) is 62.8 Å². The molecule has 0 aromatic heterocycles. The van der Waals surface area contributed by atoms with Crippen LogP contribution < -0.4 is 0 Å². The topological polar surface area (TPSA) is 0 Å². The second kappa shape index (κ2) is 7.95. The van der Waals surface area contributed by atoms with Crippen molar-refractivity contribution < 1.29 is 13.2 Å². The predicted molar refractivity (Wildman–Crippen MR) is 91.5 cm³/mol. The zero-order chi connectivity index (χ0) is 17.1. The molecule has 2 aliphatic carbocycles. The monoisotopic (exact) mass is 356 g/mol. The van der Waals surface area contributed by atoms with Gasteiger partial charge in [0, 0.05) is 5.54 Å². The Morgan fingerprint density at radius 3 is 1.96 bits per heavy atom. The lowest BCUT2D eigenvalue weighted by Crippen LogP contribution is -2.25. The summed E-state index contributed by atoms with van der Waals surface area (Å²) >= 11 is 5.67. The first kappa shape index (κ1) is 17.8. The fourth-order valence-corrected chi connectivity index (χ4v) is 4.88. The van der Waals surface area contributed by atoms with Gasteiger partial charge in [0.15, 0.2) is 17.5 Å². The van der Waals surface area contributed by atoms with Crippen LogP contribution in [0.4, 0.5) is 13.2 Å². The number of benzene rings is 1. The molecule has 0 saturated heterocycles. The van der Waals surface area contributed by atoms with Crippen molar-refractivity contribution in [2.75, 3.05) is 0 Å². The Bertz CT molecular complexity index is 583.